The Morgan fingerprint density at radius 3 is 2.75 bits per heavy atom. The first-order chi connectivity index (χ1) is 7.70. The molecule has 2 aromatic rings. The number of aryl methyl sites for hydroxylation is 2. The maximum Gasteiger partial charge on any atom is 0.191 e. The molecule has 0 saturated heterocycles. The Bertz CT molecular complexity index is 488. The minimum Gasteiger partial charge on any atom is -0.493 e. The number of hydrogen-bond donors (Lipinski definition) is 0. The van der Waals surface area contributed by atoms with Gasteiger partial charge in [-0.25, -0.2) is 4.98 Å². The first-order valence-electron chi connectivity index (χ1n) is 5.37. The maximum atomic E-state index is 5.59. The van der Waals surface area contributed by atoms with E-state index in [0.29, 0.717) is 12.5 Å². The second-order valence-electron chi connectivity index (χ2n) is 3.68. The molecule has 0 saturated carbocycles. The molecule has 3 heteroatoms. The van der Waals surface area contributed by atoms with Crippen LogP contribution in [0.3, 0.4) is 0 Å². The summed E-state index contributed by atoms with van der Waals surface area (Å²) in [6.45, 7) is 6.48. The molecule has 0 spiro atoms. The molecule has 0 aliphatic carbocycles. The zero-order chi connectivity index (χ0) is 11.5. The van der Waals surface area contributed by atoms with Crippen molar-refractivity contribution >= 4 is 0 Å². The molecule has 0 unspecified atom stereocenters. The van der Waals surface area contributed by atoms with E-state index in [-0.39, 0.29) is 0 Å². The third-order valence-electron chi connectivity index (χ3n) is 2.32. The standard InChI is InChI=1S/C13H15NO2/c1-4-15-12-7-9(2)5-6-11(12)13-8-14-10(3)16-13/h5-8H,4H2,1-3H3. The monoisotopic (exact) mass is 217 g/mol. The van der Waals surface area contributed by atoms with Crippen molar-refractivity contribution in [3.8, 4) is 17.1 Å². The molecule has 0 aliphatic rings. The number of oxazole rings is 1. The molecule has 2 rings (SSSR count). The van der Waals surface area contributed by atoms with E-state index in [1.807, 2.05) is 39.0 Å². The summed E-state index contributed by atoms with van der Waals surface area (Å²) in [6.07, 6.45) is 1.72. The second kappa shape index (κ2) is 4.39. The summed E-state index contributed by atoms with van der Waals surface area (Å²) in [7, 11) is 0. The molecule has 1 heterocycles. The molecule has 3 nitrogen and oxygen atoms in total. The van der Waals surface area contributed by atoms with E-state index in [1.165, 1.54) is 5.56 Å². The van der Waals surface area contributed by atoms with Crippen LogP contribution in [0.2, 0.25) is 0 Å². The zero-order valence-electron chi connectivity index (χ0n) is 9.78. The molecule has 16 heavy (non-hydrogen) atoms. The van der Waals surface area contributed by atoms with Crippen LogP contribution in [0.1, 0.15) is 18.4 Å². The Morgan fingerprint density at radius 2 is 2.12 bits per heavy atom. The van der Waals surface area contributed by atoms with Crippen molar-refractivity contribution in [2.45, 2.75) is 20.8 Å². The van der Waals surface area contributed by atoms with Crippen molar-refractivity contribution in [1.82, 2.24) is 4.98 Å². The number of ether oxygens (including phenoxy) is 1. The molecule has 84 valence electrons. The number of benzene rings is 1. The molecule has 0 atom stereocenters. The predicted molar refractivity (Wildman–Crippen MR) is 62.6 cm³/mol. The van der Waals surface area contributed by atoms with Gasteiger partial charge in [-0.2, -0.15) is 0 Å². The highest BCUT2D eigenvalue weighted by Gasteiger charge is 2.10. The fourth-order valence-electron chi connectivity index (χ4n) is 1.59. The first kappa shape index (κ1) is 10.7. The summed E-state index contributed by atoms with van der Waals surface area (Å²) in [5.41, 5.74) is 2.12. The van der Waals surface area contributed by atoms with Gasteiger partial charge in [0, 0.05) is 6.92 Å². The van der Waals surface area contributed by atoms with Crippen molar-refractivity contribution in [2.75, 3.05) is 6.61 Å². The average Bonchev–Trinajstić information content (AvgIpc) is 2.65. The summed E-state index contributed by atoms with van der Waals surface area (Å²) < 4.78 is 11.1. The topological polar surface area (TPSA) is 35.3 Å². The van der Waals surface area contributed by atoms with Crippen LogP contribution in [0.15, 0.2) is 28.8 Å². The number of nitrogens with zero attached hydrogens (tertiary/aromatic N) is 1. The smallest absolute Gasteiger partial charge is 0.191 e. The Balaban J connectivity index is 2.47. The van der Waals surface area contributed by atoms with Crippen LogP contribution in [-0.4, -0.2) is 11.6 Å². The van der Waals surface area contributed by atoms with Crippen molar-refractivity contribution in [1.29, 1.82) is 0 Å². The van der Waals surface area contributed by atoms with Crippen LogP contribution in [0.4, 0.5) is 0 Å². The normalized spacial score (nSPS) is 10.4. The Hall–Kier alpha value is -1.77. The predicted octanol–water partition coefficient (Wildman–Crippen LogP) is 3.36. The summed E-state index contributed by atoms with van der Waals surface area (Å²) >= 11 is 0. The molecule has 0 N–H and O–H groups in total. The molecule has 1 aromatic carbocycles. The quantitative estimate of drug-likeness (QED) is 0.790. The highest BCUT2D eigenvalue weighted by molar-refractivity contribution is 5.65. The van der Waals surface area contributed by atoms with Gasteiger partial charge in [0.05, 0.1) is 18.4 Å². The van der Waals surface area contributed by atoms with Gasteiger partial charge in [-0.15, -0.1) is 0 Å². The lowest BCUT2D eigenvalue weighted by Gasteiger charge is -2.08. The van der Waals surface area contributed by atoms with Crippen LogP contribution >= 0.6 is 0 Å². The van der Waals surface area contributed by atoms with E-state index in [0.717, 1.165) is 17.1 Å². The summed E-state index contributed by atoms with van der Waals surface area (Å²) in [5, 5.41) is 0. The van der Waals surface area contributed by atoms with Gasteiger partial charge in [-0.05, 0) is 31.5 Å². The highest BCUT2D eigenvalue weighted by Crippen LogP contribution is 2.31. The number of rotatable bonds is 3. The fraction of sp³-hybridized carbons (Fsp3) is 0.308. The van der Waals surface area contributed by atoms with Crippen molar-refractivity contribution in [3.63, 3.8) is 0 Å². The average molecular weight is 217 g/mol. The van der Waals surface area contributed by atoms with Gasteiger partial charge in [0.1, 0.15) is 5.75 Å². The Morgan fingerprint density at radius 1 is 1.31 bits per heavy atom. The third kappa shape index (κ3) is 2.08. The van der Waals surface area contributed by atoms with Crippen LogP contribution in [0.5, 0.6) is 5.75 Å². The molecule has 0 fully saturated rings. The lowest BCUT2D eigenvalue weighted by molar-refractivity contribution is 0.340. The van der Waals surface area contributed by atoms with E-state index in [2.05, 4.69) is 4.98 Å². The van der Waals surface area contributed by atoms with E-state index >= 15 is 0 Å². The molecule has 0 bridgehead atoms. The lowest BCUT2D eigenvalue weighted by atomic mass is 10.1. The molecular weight excluding hydrogens is 202 g/mol. The Kier molecular flexibility index (Phi) is 2.95. The molecular formula is C13H15NO2. The first-order valence-corrected chi connectivity index (χ1v) is 5.37. The summed E-state index contributed by atoms with van der Waals surface area (Å²) in [6, 6.07) is 6.05. The van der Waals surface area contributed by atoms with Gasteiger partial charge < -0.3 is 9.15 Å². The minimum atomic E-state index is 0.642. The van der Waals surface area contributed by atoms with Crippen molar-refractivity contribution < 1.29 is 9.15 Å². The van der Waals surface area contributed by atoms with Gasteiger partial charge in [-0.3, -0.25) is 0 Å². The SMILES string of the molecule is CCOc1cc(C)ccc1-c1cnc(C)o1. The van der Waals surface area contributed by atoms with Crippen LogP contribution in [-0.2, 0) is 0 Å². The highest BCUT2D eigenvalue weighted by atomic mass is 16.5. The number of aromatic nitrogens is 1. The van der Waals surface area contributed by atoms with Crippen LogP contribution < -0.4 is 4.74 Å². The van der Waals surface area contributed by atoms with Gasteiger partial charge in [-0.1, -0.05) is 6.07 Å². The zero-order valence-corrected chi connectivity index (χ0v) is 9.78. The van der Waals surface area contributed by atoms with E-state index in [1.54, 1.807) is 6.20 Å². The molecule has 0 radical (unpaired) electrons. The van der Waals surface area contributed by atoms with Gasteiger partial charge >= 0.3 is 0 Å². The van der Waals surface area contributed by atoms with E-state index in [4.69, 9.17) is 9.15 Å². The van der Waals surface area contributed by atoms with Crippen molar-refractivity contribution in [2.24, 2.45) is 0 Å². The second-order valence-corrected chi connectivity index (χ2v) is 3.68. The largest absolute Gasteiger partial charge is 0.493 e. The maximum absolute atomic E-state index is 5.59. The molecule has 0 amide bonds. The van der Waals surface area contributed by atoms with E-state index in [9.17, 15) is 0 Å². The van der Waals surface area contributed by atoms with Gasteiger partial charge in [0.15, 0.2) is 11.7 Å². The molecule has 1 aromatic heterocycles. The molecule has 0 aliphatic heterocycles. The minimum absolute atomic E-state index is 0.642. The van der Waals surface area contributed by atoms with Gasteiger partial charge in [0.25, 0.3) is 0 Å². The third-order valence-corrected chi connectivity index (χ3v) is 2.32. The lowest BCUT2D eigenvalue weighted by Crippen LogP contribution is -1.94. The fourth-order valence-corrected chi connectivity index (χ4v) is 1.59. The van der Waals surface area contributed by atoms with Crippen LogP contribution in [0, 0.1) is 13.8 Å². The van der Waals surface area contributed by atoms with E-state index < -0.39 is 0 Å². The number of hydrogen-bond acceptors (Lipinski definition) is 3. The Labute approximate surface area is 95.1 Å². The summed E-state index contributed by atoms with van der Waals surface area (Å²) in [5.74, 6) is 2.26. The van der Waals surface area contributed by atoms with Crippen LogP contribution in [0.25, 0.3) is 11.3 Å². The summed E-state index contributed by atoms with van der Waals surface area (Å²) in [4.78, 5) is 4.09. The van der Waals surface area contributed by atoms with Gasteiger partial charge in [0.2, 0.25) is 0 Å². The van der Waals surface area contributed by atoms with Crippen molar-refractivity contribution in [3.05, 3.63) is 35.9 Å².